The van der Waals surface area contributed by atoms with E-state index < -0.39 is 0 Å². The summed E-state index contributed by atoms with van der Waals surface area (Å²) >= 11 is 0. The second kappa shape index (κ2) is 6.54. The number of hydrogen-bond acceptors (Lipinski definition) is 2. The number of rotatable bonds is 6. The van der Waals surface area contributed by atoms with Gasteiger partial charge in [-0.05, 0) is 37.8 Å². The lowest BCUT2D eigenvalue weighted by Crippen LogP contribution is -2.20. The predicted molar refractivity (Wildman–Crippen MR) is 70.0 cm³/mol. The number of hydrogen-bond donors (Lipinski definition) is 1. The van der Waals surface area contributed by atoms with Crippen LogP contribution in [0.2, 0.25) is 0 Å². The van der Waals surface area contributed by atoms with Crippen molar-refractivity contribution in [1.82, 2.24) is 0 Å². The van der Waals surface area contributed by atoms with Gasteiger partial charge in [-0.1, -0.05) is 25.1 Å². The minimum Gasteiger partial charge on any atom is -0.393 e. The van der Waals surface area contributed by atoms with Crippen molar-refractivity contribution in [1.29, 1.82) is 0 Å². The number of para-hydroxylation sites is 1. The highest BCUT2D eigenvalue weighted by atomic mass is 16.3. The van der Waals surface area contributed by atoms with Gasteiger partial charge in [-0.2, -0.15) is 0 Å². The fraction of sp³-hybridized carbons (Fsp3) is 0.571. The highest BCUT2D eigenvalue weighted by Gasteiger charge is 2.05. The zero-order valence-electron chi connectivity index (χ0n) is 10.6. The lowest BCUT2D eigenvalue weighted by atomic mass is 10.1. The van der Waals surface area contributed by atoms with Crippen molar-refractivity contribution in [2.45, 2.75) is 39.2 Å². The number of benzene rings is 1. The molecule has 0 aromatic heterocycles. The van der Waals surface area contributed by atoms with Crippen molar-refractivity contribution >= 4 is 5.69 Å². The Kier molecular flexibility index (Phi) is 5.33. The Hall–Kier alpha value is -1.02. The number of aliphatic hydroxyl groups excluding tert-OH is 1. The smallest absolute Gasteiger partial charge is 0.0538 e. The molecule has 1 atom stereocenters. The van der Waals surface area contributed by atoms with E-state index >= 15 is 0 Å². The molecule has 1 unspecified atom stereocenters. The average molecular weight is 221 g/mol. The van der Waals surface area contributed by atoms with Gasteiger partial charge in [0, 0.05) is 19.3 Å². The number of nitrogens with zero attached hydrogens (tertiary/aromatic N) is 1. The van der Waals surface area contributed by atoms with E-state index in [1.54, 1.807) is 0 Å². The van der Waals surface area contributed by atoms with Crippen molar-refractivity contribution < 1.29 is 5.11 Å². The molecule has 2 heteroatoms. The first-order valence-corrected chi connectivity index (χ1v) is 6.10. The molecule has 0 bridgehead atoms. The lowest BCUT2D eigenvalue weighted by Gasteiger charge is -2.21. The van der Waals surface area contributed by atoms with Crippen LogP contribution in [0, 0.1) is 6.92 Å². The molecule has 0 radical (unpaired) electrons. The van der Waals surface area contributed by atoms with E-state index in [0.717, 1.165) is 25.8 Å². The molecule has 90 valence electrons. The maximum atomic E-state index is 9.48. The first kappa shape index (κ1) is 13.0. The minimum atomic E-state index is -0.134. The zero-order valence-corrected chi connectivity index (χ0v) is 10.6. The van der Waals surface area contributed by atoms with Gasteiger partial charge in [-0.25, -0.2) is 0 Å². The Morgan fingerprint density at radius 2 is 2.00 bits per heavy atom. The molecule has 0 saturated heterocycles. The van der Waals surface area contributed by atoms with Crippen molar-refractivity contribution in [3.63, 3.8) is 0 Å². The molecule has 0 amide bonds. The zero-order chi connectivity index (χ0) is 12.0. The Labute approximate surface area is 98.9 Å². The van der Waals surface area contributed by atoms with E-state index in [4.69, 9.17) is 0 Å². The highest BCUT2D eigenvalue weighted by molar-refractivity contribution is 5.52. The topological polar surface area (TPSA) is 23.5 Å². The molecule has 2 nitrogen and oxygen atoms in total. The summed E-state index contributed by atoms with van der Waals surface area (Å²) in [5.74, 6) is 0. The quantitative estimate of drug-likeness (QED) is 0.798. The standard InChI is InChI=1S/C14H23NO/c1-4-13(16)9-7-11-15(3)14-10-6-5-8-12(14)2/h5-6,8,10,13,16H,4,7,9,11H2,1-3H3. The molecule has 0 aliphatic carbocycles. The van der Waals surface area contributed by atoms with E-state index in [1.165, 1.54) is 11.3 Å². The van der Waals surface area contributed by atoms with Crippen molar-refractivity contribution in [3.8, 4) is 0 Å². The van der Waals surface area contributed by atoms with Crippen molar-refractivity contribution in [2.24, 2.45) is 0 Å². The SMILES string of the molecule is CCC(O)CCCN(C)c1ccccc1C. The largest absolute Gasteiger partial charge is 0.393 e. The van der Waals surface area contributed by atoms with Gasteiger partial charge in [-0.3, -0.25) is 0 Å². The van der Waals surface area contributed by atoms with Gasteiger partial charge in [0.2, 0.25) is 0 Å². The Balaban J connectivity index is 2.41. The molecule has 1 N–H and O–H groups in total. The van der Waals surface area contributed by atoms with Crippen LogP contribution < -0.4 is 4.90 Å². The first-order valence-electron chi connectivity index (χ1n) is 6.10. The second-order valence-electron chi connectivity index (χ2n) is 4.41. The van der Waals surface area contributed by atoms with Gasteiger partial charge < -0.3 is 10.0 Å². The number of anilines is 1. The predicted octanol–water partition coefficient (Wildman–Crippen LogP) is 2.98. The summed E-state index contributed by atoms with van der Waals surface area (Å²) in [6, 6.07) is 8.41. The van der Waals surface area contributed by atoms with Gasteiger partial charge in [0.25, 0.3) is 0 Å². The van der Waals surface area contributed by atoms with E-state index in [0.29, 0.717) is 0 Å². The van der Waals surface area contributed by atoms with Crippen LogP contribution in [0.25, 0.3) is 0 Å². The normalized spacial score (nSPS) is 12.5. The Bertz CT molecular complexity index is 311. The Morgan fingerprint density at radius 1 is 1.31 bits per heavy atom. The monoisotopic (exact) mass is 221 g/mol. The first-order chi connectivity index (χ1) is 7.65. The Morgan fingerprint density at radius 3 is 2.62 bits per heavy atom. The van der Waals surface area contributed by atoms with Crippen LogP contribution in [0.5, 0.6) is 0 Å². The van der Waals surface area contributed by atoms with Crippen LogP contribution >= 0.6 is 0 Å². The molecular formula is C14H23NO. The summed E-state index contributed by atoms with van der Waals surface area (Å²) in [7, 11) is 2.11. The number of aliphatic hydroxyl groups is 1. The van der Waals surface area contributed by atoms with Crippen LogP contribution in [0.3, 0.4) is 0 Å². The van der Waals surface area contributed by atoms with Gasteiger partial charge in [0.1, 0.15) is 0 Å². The average Bonchev–Trinajstić information content (AvgIpc) is 2.29. The molecule has 0 aliphatic heterocycles. The summed E-state index contributed by atoms with van der Waals surface area (Å²) < 4.78 is 0. The summed E-state index contributed by atoms with van der Waals surface area (Å²) in [5, 5.41) is 9.48. The molecule has 0 aliphatic rings. The molecule has 0 heterocycles. The molecule has 0 spiro atoms. The van der Waals surface area contributed by atoms with Crippen LogP contribution in [0.15, 0.2) is 24.3 Å². The van der Waals surface area contributed by atoms with Crippen LogP contribution in [-0.2, 0) is 0 Å². The molecule has 0 saturated carbocycles. The molecule has 0 fully saturated rings. The van der Waals surface area contributed by atoms with Gasteiger partial charge >= 0.3 is 0 Å². The third-order valence-electron chi connectivity index (χ3n) is 3.03. The third kappa shape index (κ3) is 3.86. The maximum absolute atomic E-state index is 9.48. The van der Waals surface area contributed by atoms with Crippen LogP contribution in [-0.4, -0.2) is 24.8 Å². The molecule has 1 rings (SSSR count). The molecular weight excluding hydrogens is 198 g/mol. The van der Waals surface area contributed by atoms with Gasteiger partial charge in [-0.15, -0.1) is 0 Å². The second-order valence-corrected chi connectivity index (χ2v) is 4.41. The fourth-order valence-electron chi connectivity index (χ4n) is 1.88. The summed E-state index contributed by atoms with van der Waals surface area (Å²) in [4.78, 5) is 2.26. The van der Waals surface area contributed by atoms with Crippen LogP contribution in [0.4, 0.5) is 5.69 Å². The number of aryl methyl sites for hydroxylation is 1. The summed E-state index contributed by atoms with van der Waals surface area (Å²) in [5.41, 5.74) is 2.59. The van der Waals surface area contributed by atoms with E-state index in [-0.39, 0.29) is 6.10 Å². The van der Waals surface area contributed by atoms with Gasteiger partial charge in [0.15, 0.2) is 0 Å². The minimum absolute atomic E-state index is 0.134. The van der Waals surface area contributed by atoms with E-state index in [1.807, 2.05) is 6.92 Å². The lowest BCUT2D eigenvalue weighted by molar-refractivity contribution is 0.158. The van der Waals surface area contributed by atoms with Crippen molar-refractivity contribution in [3.05, 3.63) is 29.8 Å². The molecule has 1 aromatic carbocycles. The van der Waals surface area contributed by atoms with Crippen LogP contribution in [0.1, 0.15) is 31.7 Å². The molecule has 16 heavy (non-hydrogen) atoms. The van der Waals surface area contributed by atoms with Gasteiger partial charge in [0.05, 0.1) is 6.10 Å². The molecule has 1 aromatic rings. The maximum Gasteiger partial charge on any atom is 0.0538 e. The summed E-state index contributed by atoms with van der Waals surface area (Å²) in [6.07, 6.45) is 2.66. The summed E-state index contributed by atoms with van der Waals surface area (Å²) in [6.45, 7) is 5.16. The fourth-order valence-corrected chi connectivity index (χ4v) is 1.88. The third-order valence-corrected chi connectivity index (χ3v) is 3.03. The van der Waals surface area contributed by atoms with E-state index in [2.05, 4.69) is 43.1 Å². The van der Waals surface area contributed by atoms with Crippen molar-refractivity contribution in [2.75, 3.05) is 18.5 Å². The highest BCUT2D eigenvalue weighted by Crippen LogP contribution is 2.18. The van der Waals surface area contributed by atoms with E-state index in [9.17, 15) is 5.11 Å².